The molecule has 0 aliphatic carbocycles. The van der Waals surface area contributed by atoms with Gasteiger partial charge in [0.2, 0.25) is 0 Å². The van der Waals surface area contributed by atoms with Crippen molar-refractivity contribution in [3.63, 3.8) is 0 Å². The first-order valence-corrected chi connectivity index (χ1v) is 3.41. The third-order valence-corrected chi connectivity index (χ3v) is 1.21. The van der Waals surface area contributed by atoms with Gasteiger partial charge in [0, 0.05) is 0 Å². The van der Waals surface area contributed by atoms with E-state index in [1.54, 1.807) is 0 Å². The van der Waals surface area contributed by atoms with E-state index < -0.39 is 0 Å². The van der Waals surface area contributed by atoms with Crippen LogP contribution in [0.15, 0.2) is 0 Å². The van der Waals surface area contributed by atoms with Crippen LogP contribution in [0.1, 0.15) is 26.2 Å². The van der Waals surface area contributed by atoms with Crippen molar-refractivity contribution in [2.75, 3.05) is 0 Å². The number of unbranched alkanes of at least 4 members (excludes halogenated alkanes) is 2. The van der Waals surface area contributed by atoms with E-state index >= 15 is 0 Å². The van der Waals surface area contributed by atoms with Crippen LogP contribution in [0.5, 0.6) is 0 Å². The molecule has 0 unspecified atom stereocenters. The second-order valence-electron chi connectivity index (χ2n) is 2.06. The molecule has 0 aromatic heterocycles. The van der Waals surface area contributed by atoms with E-state index in [0.717, 1.165) is 0 Å². The Labute approximate surface area is 48.3 Å². The van der Waals surface area contributed by atoms with Crippen molar-refractivity contribution in [2.45, 2.75) is 32.5 Å². The predicted octanol–water partition coefficient (Wildman–Crippen LogP) is 0.579. The van der Waals surface area contributed by atoms with Crippen LogP contribution in [0.25, 0.3) is 0 Å². The van der Waals surface area contributed by atoms with Crippen LogP contribution in [-0.4, -0.2) is 14.9 Å². The highest BCUT2D eigenvalue weighted by atomic mass is 13.8. The molecule has 0 N–H and O–H groups in total. The van der Waals surface area contributed by atoms with Crippen LogP contribution in [-0.2, 0) is 0 Å². The highest BCUT2D eigenvalue weighted by molar-refractivity contribution is 6.89. The van der Waals surface area contributed by atoms with Crippen molar-refractivity contribution in [3.05, 3.63) is 0 Å². The fourth-order valence-electron chi connectivity index (χ4n) is 0.677. The quantitative estimate of drug-likeness (QED) is 0.354. The summed E-state index contributed by atoms with van der Waals surface area (Å²) in [7, 11) is 3.61. The van der Waals surface area contributed by atoms with Gasteiger partial charge in [0.05, 0.1) is 14.9 Å². The predicted molar refractivity (Wildman–Crippen MR) is 40.0 cm³/mol. The van der Waals surface area contributed by atoms with Gasteiger partial charge in [0.25, 0.3) is 0 Å². The van der Waals surface area contributed by atoms with Crippen molar-refractivity contribution < 1.29 is 0 Å². The molecule has 0 radical (unpaired) electrons. The molecule has 0 bridgehead atoms. The molecule has 0 rings (SSSR count). The smallest absolute Gasteiger partial charge is 0.0821 e. The van der Waals surface area contributed by atoms with Crippen LogP contribution >= 0.6 is 0 Å². The highest BCUT2D eigenvalue weighted by Gasteiger charge is 1.81. The SMILES string of the molecule is BBCCCCC. The molecule has 0 aromatic rings. The van der Waals surface area contributed by atoms with E-state index in [2.05, 4.69) is 14.7 Å². The standard InChI is InChI=1S/C5H14B2/c1-2-3-4-5-7-6/h7H,2-6H2,1H3. The maximum absolute atomic E-state index is 2.25. The number of rotatable bonds is 4. The highest BCUT2D eigenvalue weighted by Crippen LogP contribution is 1.96. The van der Waals surface area contributed by atoms with Crippen molar-refractivity contribution in [3.8, 4) is 0 Å². The lowest BCUT2D eigenvalue weighted by atomic mass is 9.53. The fraction of sp³-hybridized carbons (Fsp3) is 1.00. The molecule has 0 heterocycles. The molecule has 0 amide bonds. The summed E-state index contributed by atoms with van der Waals surface area (Å²) in [4.78, 5) is 0. The molecule has 0 aliphatic rings. The second-order valence-corrected chi connectivity index (χ2v) is 2.06. The molecule has 0 saturated carbocycles. The molecule has 0 fully saturated rings. The van der Waals surface area contributed by atoms with Crippen LogP contribution in [0.2, 0.25) is 6.32 Å². The number of hydrogen-bond acceptors (Lipinski definition) is 0. The minimum Gasteiger partial charge on any atom is -0.0850 e. The molecule has 40 valence electrons. The van der Waals surface area contributed by atoms with E-state index in [-0.39, 0.29) is 0 Å². The molecule has 7 heavy (non-hydrogen) atoms. The van der Waals surface area contributed by atoms with Gasteiger partial charge < -0.3 is 0 Å². The maximum Gasteiger partial charge on any atom is 0.0821 e. The van der Waals surface area contributed by atoms with E-state index in [0.29, 0.717) is 0 Å². The van der Waals surface area contributed by atoms with Gasteiger partial charge in [0.1, 0.15) is 0 Å². The van der Waals surface area contributed by atoms with E-state index in [1.165, 1.54) is 32.8 Å². The lowest BCUT2D eigenvalue weighted by Crippen LogP contribution is -1.85. The normalized spacial score (nSPS) is 8.71. The number of hydrogen-bond donors (Lipinski definition) is 0. The van der Waals surface area contributed by atoms with Crippen molar-refractivity contribution >= 4 is 14.9 Å². The average Bonchev–Trinajstić information content (AvgIpc) is 1.69. The topological polar surface area (TPSA) is 0 Å². The first kappa shape index (κ1) is 7.13. The summed E-state index contributed by atoms with van der Waals surface area (Å²) in [6.45, 7) is 2.25. The summed E-state index contributed by atoms with van der Waals surface area (Å²) in [6.07, 6.45) is 5.65. The lowest BCUT2D eigenvalue weighted by Gasteiger charge is -1.89. The Bertz CT molecular complexity index is 25.3. The average molecular weight is 95.8 g/mol. The Kier molecular flexibility index (Phi) is 6.24. The third kappa shape index (κ3) is 6.13. The van der Waals surface area contributed by atoms with Crippen molar-refractivity contribution in [2.24, 2.45) is 0 Å². The fourth-order valence-corrected chi connectivity index (χ4v) is 0.677. The minimum atomic E-state index is 1.36. The van der Waals surface area contributed by atoms with Crippen LogP contribution < -0.4 is 0 Å². The first-order valence-electron chi connectivity index (χ1n) is 3.41. The monoisotopic (exact) mass is 96.1 g/mol. The summed E-state index contributed by atoms with van der Waals surface area (Å²) in [6, 6.07) is 0. The molecule has 2 heteroatoms. The molecule has 0 saturated heterocycles. The Morgan fingerprint density at radius 2 is 2.14 bits per heavy atom. The van der Waals surface area contributed by atoms with Gasteiger partial charge >= 0.3 is 0 Å². The Balaban J connectivity index is 2.45. The van der Waals surface area contributed by atoms with Crippen LogP contribution in [0.3, 0.4) is 0 Å². The van der Waals surface area contributed by atoms with Gasteiger partial charge in [-0.3, -0.25) is 0 Å². The summed E-state index contributed by atoms with van der Waals surface area (Å²) >= 11 is 0. The molecular formula is C5H14B2. The van der Waals surface area contributed by atoms with E-state index in [1.807, 2.05) is 0 Å². The third-order valence-electron chi connectivity index (χ3n) is 1.21. The molecule has 0 aliphatic heterocycles. The molecule has 0 nitrogen and oxygen atoms in total. The largest absolute Gasteiger partial charge is 0.0850 e. The van der Waals surface area contributed by atoms with Crippen molar-refractivity contribution in [1.29, 1.82) is 0 Å². The summed E-state index contributed by atoms with van der Waals surface area (Å²) in [5.74, 6) is 0. The van der Waals surface area contributed by atoms with Gasteiger partial charge in [-0.2, -0.15) is 0 Å². The first-order chi connectivity index (χ1) is 3.41. The van der Waals surface area contributed by atoms with Crippen LogP contribution in [0, 0.1) is 0 Å². The zero-order valence-corrected chi connectivity index (χ0v) is 5.54. The second kappa shape index (κ2) is 6.13. The van der Waals surface area contributed by atoms with Gasteiger partial charge in [-0.25, -0.2) is 0 Å². The van der Waals surface area contributed by atoms with Gasteiger partial charge in [-0.1, -0.05) is 32.5 Å². The lowest BCUT2D eigenvalue weighted by molar-refractivity contribution is 0.770. The van der Waals surface area contributed by atoms with Gasteiger partial charge in [-0.15, -0.1) is 0 Å². The Morgan fingerprint density at radius 3 is 2.57 bits per heavy atom. The molecule has 0 spiro atoms. The Hall–Kier alpha value is 0.130. The summed E-state index contributed by atoms with van der Waals surface area (Å²) in [5, 5.41) is 0. The maximum atomic E-state index is 2.25. The molecular weight excluding hydrogens is 81.7 g/mol. The minimum absolute atomic E-state index is 1.36. The Morgan fingerprint density at radius 1 is 1.43 bits per heavy atom. The van der Waals surface area contributed by atoms with Gasteiger partial charge in [0.15, 0.2) is 0 Å². The van der Waals surface area contributed by atoms with Crippen LogP contribution in [0.4, 0.5) is 0 Å². The van der Waals surface area contributed by atoms with Crippen molar-refractivity contribution in [1.82, 2.24) is 0 Å². The zero-order valence-electron chi connectivity index (χ0n) is 5.54. The van der Waals surface area contributed by atoms with E-state index in [9.17, 15) is 0 Å². The van der Waals surface area contributed by atoms with E-state index in [4.69, 9.17) is 0 Å². The molecule has 0 aromatic carbocycles. The summed E-state index contributed by atoms with van der Waals surface area (Å²) in [5.41, 5.74) is 0. The zero-order chi connectivity index (χ0) is 5.54. The molecule has 0 atom stereocenters. The summed E-state index contributed by atoms with van der Waals surface area (Å²) < 4.78 is 0. The van der Waals surface area contributed by atoms with Gasteiger partial charge in [-0.05, 0) is 0 Å².